The van der Waals surface area contributed by atoms with Gasteiger partial charge < -0.3 is 5.73 Å². The number of aromatic nitrogens is 2. The van der Waals surface area contributed by atoms with Crippen LogP contribution in [0.4, 0.5) is 0 Å². The summed E-state index contributed by atoms with van der Waals surface area (Å²) in [5.41, 5.74) is 8.14. The van der Waals surface area contributed by atoms with Gasteiger partial charge >= 0.3 is 0 Å². The maximum Gasteiger partial charge on any atom is 0.0543 e. The Kier molecular flexibility index (Phi) is 3.58. The van der Waals surface area contributed by atoms with Crippen molar-refractivity contribution in [1.82, 2.24) is 10.2 Å². The second-order valence-corrected chi connectivity index (χ2v) is 3.28. The van der Waals surface area contributed by atoms with Crippen molar-refractivity contribution in [2.75, 3.05) is 0 Å². The van der Waals surface area contributed by atoms with Crippen LogP contribution >= 0.6 is 0 Å². The number of allylic oxidation sites excluding steroid dienone is 1. The van der Waals surface area contributed by atoms with Gasteiger partial charge in [0.25, 0.3) is 0 Å². The van der Waals surface area contributed by atoms with E-state index in [0.717, 1.165) is 24.0 Å². The van der Waals surface area contributed by atoms with Crippen LogP contribution in [0.15, 0.2) is 30.6 Å². The lowest BCUT2D eigenvalue weighted by molar-refractivity contribution is 0.644. The van der Waals surface area contributed by atoms with Crippen LogP contribution < -0.4 is 5.73 Å². The third-order valence-electron chi connectivity index (χ3n) is 1.92. The van der Waals surface area contributed by atoms with Crippen LogP contribution in [0.2, 0.25) is 0 Å². The lowest BCUT2D eigenvalue weighted by atomic mass is 10.0. The SMILES string of the molecule is C=C(C)CCC(N)c1ccnnc1. The number of nitrogens with two attached hydrogens (primary N) is 1. The first-order chi connectivity index (χ1) is 6.20. The summed E-state index contributed by atoms with van der Waals surface area (Å²) in [6, 6.07) is 1.95. The number of hydrogen-bond donors (Lipinski definition) is 1. The molecule has 1 heterocycles. The van der Waals surface area contributed by atoms with Crippen LogP contribution in [0.3, 0.4) is 0 Å². The smallest absolute Gasteiger partial charge is 0.0543 e. The summed E-state index contributed by atoms with van der Waals surface area (Å²) in [6.45, 7) is 5.85. The minimum Gasteiger partial charge on any atom is -0.324 e. The molecule has 2 N–H and O–H groups in total. The second-order valence-electron chi connectivity index (χ2n) is 3.28. The van der Waals surface area contributed by atoms with Crippen molar-refractivity contribution in [3.8, 4) is 0 Å². The second kappa shape index (κ2) is 4.72. The van der Waals surface area contributed by atoms with E-state index in [1.54, 1.807) is 12.4 Å². The number of nitrogens with zero attached hydrogens (tertiary/aromatic N) is 2. The summed E-state index contributed by atoms with van der Waals surface area (Å²) < 4.78 is 0. The fraction of sp³-hybridized carbons (Fsp3) is 0.400. The maximum absolute atomic E-state index is 5.93. The first kappa shape index (κ1) is 9.86. The van der Waals surface area contributed by atoms with E-state index in [4.69, 9.17) is 5.73 Å². The molecule has 0 saturated heterocycles. The highest BCUT2D eigenvalue weighted by molar-refractivity contribution is 5.11. The number of rotatable bonds is 4. The molecule has 70 valence electrons. The molecule has 3 nitrogen and oxygen atoms in total. The first-order valence-corrected chi connectivity index (χ1v) is 4.36. The van der Waals surface area contributed by atoms with Crippen molar-refractivity contribution < 1.29 is 0 Å². The van der Waals surface area contributed by atoms with Crippen molar-refractivity contribution in [3.05, 3.63) is 36.2 Å². The molecule has 0 aliphatic rings. The van der Waals surface area contributed by atoms with Crippen molar-refractivity contribution in [3.63, 3.8) is 0 Å². The zero-order valence-corrected chi connectivity index (χ0v) is 7.90. The van der Waals surface area contributed by atoms with E-state index < -0.39 is 0 Å². The van der Waals surface area contributed by atoms with Crippen molar-refractivity contribution >= 4 is 0 Å². The normalized spacial score (nSPS) is 12.5. The lowest BCUT2D eigenvalue weighted by Crippen LogP contribution is -2.10. The van der Waals surface area contributed by atoms with Gasteiger partial charge in [0, 0.05) is 12.2 Å². The van der Waals surface area contributed by atoms with Crippen LogP contribution in [0.5, 0.6) is 0 Å². The zero-order valence-electron chi connectivity index (χ0n) is 7.90. The molecule has 0 radical (unpaired) electrons. The van der Waals surface area contributed by atoms with E-state index in [1.165, 1.54) is 0 Å². The van der Waals surface area contributed by atoms with E-state index in [0.29, 0.717) is 0 Å². The first-order valence-electron chi connectivity index (χ1n) is 4.36. The van der Waals surface area contributed by atoms with Gasteiger partial charge in [-0.3, -0.25) is 0 Å². The fourth-order valence-corrected chi connectivity index (χ4v) is 1.09. The van der Waals surface area contributed by atoms with Gasteiger partial charge in [-0.2, -0.15) is 10.2 Å². The third-order valence-corrected chi connectivity index (χ3v) is 1.92. The molecule has 0 spiro atoms. The van der Waals surface area contributed by atoms with Crippen LogP contribution in [-0.2, 0) is 0 Å². The third kappa shape index (κ3) is 3.34. The van der Waals surface area contributed by atoms with Gasteiger partial charge in [-0.05, 0) is 31.4 Å². The minimum atomic E-state index is 0.0483. The molecular formula is C10H15N3. The minimum absolute atomic E-state index is 0.0483. The lowest BCUT2D eigenvalue weighted by Gasteiger charge is -2.10. The van der Waals surface area contributed by atoms with E-state index in [9.17, 15) is 0 Å². The van der Waals surface area contributed by atoms with Crippen LogP contribution in [0.1, 0.15) is 31.4 Å². The highest BCUT2D eigenvalue weighted by atomic mass is 15.1. The van der Waals surface area contributed by atoms with Gasteiger partial charge in [0.1, 0.15) is 0 Å². The average Bonchev–Trinajstić information content (AvgIpc) is 2.15. The predicted octanol–water partition coefficient (Wildman–Crippen LogP) is 1.83. The monoisotopic (exact) mass is 177 g/mol. The molecule has 1 aromatic heterocycles. The van der Waals surface area contributed by atoms with Crippen LogP contribution in [0, 0.1) is 0 Å². The summed E-state index contributed by atoms with van der Waals surface area (Å²) in [5.74, 6) is 0. The highest BCUT2D eigenvalue weighted by Crippen LogP contribution is 2.15. The summed E-state index contributed by atoms with van der Waals surface area (Å²) in [6.07, 6.45) is 5.25. The molecular weight excluding hydrogens is 162 g/mol. The van der Waals surface area contributed by atoms with Crippen molar-refractivity contribution in [2.45, 2.75) is 25.8 Å². The van der Waals surface area contributed by atoms with Crippen molar-refractivity contribution in [2.24, 2.45) is 5.73 Å². The Balaban J connectivity index is 2.49. The maximum atomic E-state index is 5.93. The zero-order chi connectivity index (χ0) is 9.68. The van der Waals surface area contributed by atoms with E-state index in [-0.39, 0.29) is 6.04 Å². The topological polar surface area (TPSA) is 51.8 Å². The average molecular weight is 177 g/mol. The van der Waals surface area contributed by atoms with E-state index >= 15 is 0 Å². The van der Waals surface area contributed by atoms with Gasteiger partial charge in [0.05, 0.1) is 6.20 Å². The van der Waals surface area contributed by atoms with Gasteiger partial charge in [0.15, 0.2) is 0 Å². The van der Waals surface area contributed by atoms with Gasteiger partial charge in [-0.15, -0.1) is 6.58 Å². The van der Waals surface area contributed by atoms with Gasteiger partial charge in [-0.25, -0.2) is 0 Å². The molecule has 3 heteroatoms. The molecule has 1 unspecified atom stereocenters. The Morgan fingerprint density at radius 3 is 2.92 bits per heavy atom. The molecule has 0 amide bonds. The molecule has 0 aliphatic carbocycles. The molecule has 0 aromatic carbocycles. The standard InChI is InChI=1S/C10H15N3/c1-8(2)3-4-10(11)9-5-6-12-13-7-9/h5-7,10H,1,3-4,11H2,2H3. The largest absolute Gasteiger partial charge is 0.324 e. The highest BCUT2D eigenvalue weighted by Gasteiger charge is 2.04. The summed E-state index contributed by atoms with van der Waals surface area (Å²) in [5, 5.41) is 7.48. The summed E-state index contributed by atoms with van der Waals surface area (Å²) >= 11 is 0. The van der Waals surface area contributed by atoms with Gasteiger partial charge in [-0.1, -0.05) is 5.57 Å². The molecule has 0 aliphatic heterocycles. The Bertz CT molecular complexity index is 269. The quantitative estimate of drug-likeness (QED) is 0.714. The van der Waals surface area contributed by atoms with E-state index in [2.05, 4.69) is 16.8 Å². The summed E-state index contributed by atoms with van der Waals surface area (Å²) in [7, 11) is 0. The Labute approximate surface area is 78.7 Å². The molecule has 0 saturated carbocycles. The van der Waals surface area contributed by atoms with Crippen LogP contribution in [0.25, 0.3) is 0 Å². The molecule has 1 atom stereocenters. The fourth-order valence-electron chi connectivity index (χ4n) is 1.09. The van der Waals surface area contributed by atoms with Crippen LogP contribution in [-0.4, -0.2) is 10.2 Å². The number of hydrogen-bond acceptors (Lipinski definition) is 3. The Hall–Kier alpha value is -1.22. The molecule has 1 aromatic rings. The summed E-state index contributed by atoms with van der Waals surface area (Å²) in [4.78, 5) is 0. The molecule has 13 heavy (non-hydrogen) atoms. The molecule has 1 rings (SSSR count). The Morgan fingerprint density at radius 2 is 2.38 bits per heavy atom. The molecule has 0 fully saturated rings. The molecule has 0 bridgehead atoms. The van der Waals surface area contributed by atoms with Crippen molar-refractivity contribution in [1.29, 1.82) is 0 Å². The van der Waals surface area contributed by atoms with E-state index in [1.807, 2.05) is 13.0 Å². The van der Waals surface area contributed by atoms with Gasteiger partial charge in [0.2, 0.25) is 0 Å². The Morgan fingerprint density at radius 1 is 1.62 bits per heavy atom. The predicted molar refractivity (Wildman–Crippen MR) is 53.0 cm³/mol.